The number of rotatable bonds is 1. The molecule has 0 amide bonds. The summed E-state index contributed by atoms with van der Waals surface area (Å²) < 4.78 is 0. The summed E-state index contributed by atoms with van der Waals surface area (Å²) in [5.41, 5.74) is 5.73. The fraction of sp³-hybridized carbons (Fsp3) is 0.692. The minimum Gasteiger partial charge on any atom is -0.384 e. The monoisotopic (exact) mass is 247 g/mol. The summed E-state index contributed by atoms with van der Waals surface area (Å²) >= 11 is 0. The van der Waals surface area contributed by atoms with Gasteiger partial charge >= 0.3 is 0 Å². The van der Waals surface area contributed by atoms with E-state index >= 15 is 0 Å². The summed E-state index contributed by atoms with van der Waals surface area (Å²) in [6.07, 6.45) is 5.59. The van der Waals surface area contributed by atoms with Crippen molar-refractivity contribution < 1.29 is 0 Å². The van der Waals surface area contributed by atoms with Crippen LogP contribution >= 0.6 is 0 Å². The molecule has 5 heteroatoms. The predicted molar refractivity (Wildman–Crippen MR) is 72.4 cm³/mol. The Morgan fingerprint density at radius 2 is 2.22 bits per heavy atom. The third-order valence-corrected chi connectivity index (χ3v) is 4.29. The van der Waals surface area contributed by atoms with Crippen molar-refractivity contribution in [3.05, 3.63) is 12.3 Å². The molecule has 2 aliphatic heterocycles. The second kappa shape index (κ2) is 4.72. The van der Waals surface area contributed by atoms with E-state index in [9.17, 15) is 0 Å². The van der Waals surface area contributed by atoms with Gasteiger partial charge < -0.3 is 15.5 Å². The molecule has 2 saturated heterocycles. The molecule has 98 valence electrons. The van der Waals surface area contributed by atoms with Crippen LogP contribution in [0.5, 0.6) is 0 Å². The van der Waals surface area contributed by atoms with Crippen molar-refractivity contribution in [1.82, 2.24) is 14.9 Å². The number of aromatic nitrogens is 2. The number of fused-ring (bicyclic) bond motifs is 1. The van der Waals surface area contributed by atoms with E-state index in [1.807, 2.05) is 0 Å². The Morgan fingerprint density at radius 1 is 1.33 bits per heavy atom. The number of likely N-dealkylation sites (tertiary alicyclic amines) is 1. The van der Waals surface area contributed by atoms with E-state index in [-0.39, 0.29) is 0 Å². The molecule has 3 rings (SSSR count). The highest BCUT2D eigenvalue weighted by molar-refractivity contribution is 5.38. The molecule has 1 aromatic rings. The molecule has 0 spiro atoms. The van der Waals surface area contributed by atoms with Crippen molar-refractivity contribution in [2.24, 2.45) is 5.92 Å². The van der Waals surface area contributed by atoms with E-state index in [1.165, 1.54) is 25.8 Å². The molecule has 1 aromatic heterocycles. The van der Waals surface area contributed by atoms with Gasteiger partial charge in [-0.15, -0.1) is 0 Å². The van der Waals surface area contributed by atoms with Crippen LogP contribution in [0.1, 0.15) is 19.3 Å². The van der Waals surface area contributed by atoms with Crippen molar-refractivity contribution in [1.29, 1.82) is 0 Å². The Bertz CT molecular complexity index is 422. The van der Waals surface area contributed by atoms with Crippen molar-refractivity contribution in [2.75, 3.05) is 37.3 Å². The second-order valence-corrected chi connectivity index (χ2v) is 5.47. The van der Waals surface area contributed by atoms with Crippen LogP contribution in [0.2, 0.25) is 0 Å². The van der Waals surface area contributed by atoms with Gasteiger partial charge in [0.05, 0.1) is 0 Å². The summed E-state index contributed by atoms with van der Waals surface area (Å²) in [6, 6.07) is 2.49. The van der Waals surface area contributed by atoms with Gasteiger partial charge in [-0.25, -0.2) is 4.98 Å². The molecule has 2 atom stereocenters. The van der Waals surface area contributed by atoms with Crippen LogP contribution in [0, 0.1) is 5.92 Å². The normalized spacial score (nSPS) is 29.1. The first-order valence-corrected chi connectivity index (χ1v) is 6.78. The molecule has 0 saturated carbocycles. The zero-order chi connectivity index (χ0) is 12.5. The largest absolute Gasteiger partial charge is 0.384 e. The van der Waals surface area contributed by atoms with Gasteiger partial charge in [0, 0.05) is 25.3 Å². The van der Waals surface area contributed by atoms with Crippen LogP contribution in [0.25, 0.3) is 0 Å². The number of nitrogen functional groups attached to an aromatic ring is 1. The van der Waals surface area contributed by atoms with Gasteiger partial charge in [0.2, 0.25) is 5.95 Å². The lowest BCUT2D eigenvalue weighted by Gasteiger charge is -2.45. The average molecular weight is 247 g/mol. The lowest BCUT2D eigenvalue weighted by Crippen LogP contribution is -2.53. The Labute approximate surface area is 108 Å². The molecule has 2 N–H and O–H groups in total. The highest BCUT2D eigenvalue weighted by Gasteiger charge is 2.34. The molecule has 5 nitrogen and oxygen atoms in total. The summed E-state index contributed by atoms with van der Waals surface area (Å²) in [5.74, 6) is 2.10. The standard InChI is InChI=1S/C13H21N5/c1-17-7-2-3-10-9-18(8-5-11(10)17)13-15-6-4-12(14)16-13/h4,6,10-11H,2-3,5,7-9H2,1H3,(H2,14,15,16). The number of hydrogen-bond acceptors (Lipinski definition) is 5. The minimum absolute atomic E-state index is 0.558. The van der Waals surface area contributed by atoms with E-state index in [1.54, 1.807) is 12.3 Å². The molecule has 3 heterocycles. The van der Waals surface area contributed by atoms with Gasteiger partial charge in [-0.05, 0) is 44.8 Å². The maximum Gasteiger partial charge on any atom is 0.227 e. The van der Waals surface area contributed by atoms with Gasteiger partial charge in [0.1, 0.15) is 5.82 Å². The van der Waals surface area contributed by atoms with Crippen molar-refractivity contribution in [2.45, 2.75) is 25.3 Å². The number of nitrogens with two attached hydrogens (primary N) is 1. The van der Waals surface area contributed by atoms with Gasteiger partial charge in [-0.1, -0.05) is 0 Å². The first-order chi connectivity index (χ1) is 8.74. The maximum absolute atomic E-state index is 5.73. The molecule has 0 bridgehead atoms. The van der Waals surface area contributed by atoms with Crippen molar-refractivity contribution in [3.63, 3.8) is 0 Å². The van der Waals surface area contributed by atoms with Crippen molar-refractivity contribution >= 4 is 11.8 Å². The molecule has 0 aromatic carbocycles. The highest BCUT2D eigenvalue weighted by Crippen LogP contribution is 2.30. The number of hydrogen-bond donors (Lipinski definition) is 1. The number of nitrogens with zero attached hydrogens (tertiary/aromatic N) is 4. The van der Waals surface area contributed by atoms with Crippen LogP contribution in [-0.4, -0.2) is 47.6 Å². The topological polar surface area (TPSA) is 58.3 Å². The van der Waals surface area contributed by atoms with E-state index in [4.69, 9.17) is 5.73 Å². The maximum atomic E-state index is 5.73. The Morgan fingerprint density at radius 3 is 3.06 bits per heavy atom. The zero-order valence-electron chi connectivity index (χ0n) is 10.9. The molecule has 18 heavy (non-hydrogen) atoms. The third-order valence-electron chi connectivity index (χ3n) is 4.29. The molecule has 2 unspecified atom stereocenters. The number of anilines is 2. The van der Waals surface area contributed by atoms with Gasteiger partial charge in [0.15, 0.2) is 0 Å². The van der Waals surface area contributed by atoms with E-state index in [0.717, 1.165) is 31.0 Å². The van der Waals surface area contributed by atoms with Gasteiger partial charge in [-0.3, -0.25) is 0 Å². The first kappa shape index (κ1) is 11.7. The number of piperidine rings is 2. The molecular formula is C13H21N5. The van der Waals surface area contributed by atoms with Crippen LogP contribution in [0.15, 0.2) is 12.3 Å². The van der Waals surface area contributed by atoms with Gasteiger partial charge in [0.25, 0.3) is 0 Å². The van der Waals surface area contributed by atoms with Crippen LogP contribution < -0.4 is 10.6 Å². The SMILES string of the molecule is CN1CCCC2CN(c3nccc(N)n3)CCC21. The Kier molecular flexibility index (Phi) is 3.07. The van der Waals surface area contributed by atoms with Crippen LogP contribution in [-0.2, 0) is 0 Å². The van der Waals surface area contributed by atoms with E-state index in [0.29, 0.717) is 5.82 Å². The minimum atomic E-state index is 0.558. The molecule has 2 aliphatic rings. The van der Waals surface area contributed by atoms with Gasteiger partial charge in [-0.2, -0.15) is 4.98 Å². The first-order valence-electron chi connectivity index (χ1n) is 6.78. The lowest BCUT2D eigenvalue weighted by atomic mass is 9.84. The highest BCUT2D eigenvalue weighted by atomic mass is 15.3. The Hall–Kier alpha value is -1.36. The average Bonchev–Trinajstić information content (AvgIpc) is 2.39. The second-order valence-electron chi connectivity index (χ2n) is 5.47. The van der Waals surface area contributed by atoms with E-state index < -0.39 is 0 Å². The smallest absolute Gasteiger partial charge is 0.227 e. The summed E-state index contributed by atoms with van der Waals surface area (Å²) in [4.78, 5) is 13.5. The molecular weight excluding hydrogens is 226 g/mol. The fourth-order valence-electron chi connectivity index (χ4n) is 3.35. The summed E-state index contributed by atoms with van der Waals surface area (Å²) in [6.45, 7) is 3.35. The van der Waals surface area contributed by atoms with E-state index in [2.05, 4.69) is 26.8 Å². The quantitative estimate of drug-likeness (QED) is 0.801. The van der Waals surface area contributed by atoms with Crippen LogP contribution in [0.4, 0.5) is 11.8 Å². The third kappa shape index (κ3) is 2.14. The molecule has 0 aliphatic carbocycles. The van der Waals surface area contributed by atoms with Crippen LogP contribution in [0.3, 0.4) is 0 Å². The predicted octanol–water partition coefficient (Wildman–Crippen LogP) is 0.979. The Balaban J connectivity index is 1.74. The molecule has 0 radical (unpaired) electrons. The molecule has 2 fully saturated rings. The summed E-state index contributed by atoms with van der Waals surface area (Å²) in [5, 5.41) is 0. The lowest BCUT2D eigenvalue weighted by molar-refractivity contribution is 0.102. The fourth-order valence-corrected chi connectivity index (χ4v) is 3.35. The zero-order valence-corrected chi connectivity index (χ0v) is 10.9. The van der Waals surface area contributed by atoms with Crippen molar-refractivity contribution in [3.8, 4) is 0 Å². The summed E-state index contributed by atoms with van der Waals surface area (Å²) in [7, 11) is 2.25.